The third kappa shape index (κ3) is 2.97. The quantitative estimate of drug-likeness (QED) is 0.939. The number of carbonyl (C=O) groups excluding carboxylic acids is 1. The van der Waals surface area contributed by atoms with Gasteiger partial charge < -0.3 is 14.8 Å². The average Bonchev–Trinajstić information content (AvgIpc) is 2.90. The largest absolute Gasteiger partial charge is 0.491 e. The predicted octanol–water partition coefficient (Wildman–Crippen LogP) is 2.45. The number of amides is 1. The number of nitrogens with one attached hydrogen (secondary N) is 1. The molecule has 0 saturated carbocycles. The van der Waals surface area contributed by atoms with Crippen molar-refractivity contribution in [1.29, 1.82) is 0 Å². The van der Waals surface area contributed by atoms with Crippen molar-refractivity contribution in [1.82, 2.24) is 5.32 Å². The minimum atomic E-state index is -0.486. The summed E-state index contributed by atoms with van der Waals surface area (Å²) < 4.78 is 24.0. The first-order chi connectivity index (χ1) is 10.2. The zero-order chi connectivity index (χ0) is 14.7. The highest BCUT2D eigenvalue weighted by Gasteiger charge is 2.25. The van der Waals surface area contributed by atoms with Crippen LogP contribution in [0.1, 0.15) is 11.6 Å². The Hall–Kier alpha value is -2.56. The molecule has 0 radical (unpaired) electrons. The monoisotopic (exact) mass is 287 g/mol. The second-order valence-electron chi connectivity index (χ2n) is 4.69. The molecule has 21 heavy (non-hydrogen) atoms. The molecule has 1 amide bonds. The third-order valence-electron chi connectivity index (χ3n) is 3.23. The van der Waals surface area contributed by atoms with Crippen molar-refractivity contribution in [2.75, 3.05) is 13.2 Å². The zero-order valence-electron chi connectivity index (χ0n) is 11.2. The predicted molar refractivity (Wildman–Crippen MR) is 74.7 cm³/mol. The minimum absolute atomic E-state index is 0.0655. The molecule has 0 bridgehead atoms. The van der Waals surface area contributed by atoms with E-state index in [0.717, 1.165) is 11.3 Å². The van der Waals surface area contributed by atoms with Crippen molar-refractivity contribution >= 4 is 5.91 Å². The molecular formula is C16H14FNO3. The van der Waals surface area contributed by atoms with Crippen LogP contribution in [0.4, 0.5) is 4.39 Å². The third-order valence-corrected chi connectivity index (χ3v) is 3.23. The highest BCUT2D eigenvalue weighted by Crippen LogP contribution is 2.31. The summed E-state index contributed by atoms with van der Waals surface area (Å²) in [6, 6.07) is 13.3. The topological polar surface area (TPSA) is 47.6 Å². The number of fused-ring (bicyclic) bond motifs is 1. The Balaban J connectivity index is 1.57. The van der Waals surface area contributed by atoms with E-state index in [4.69, 9.17) is 9.47 Å². The second kappa shape index (κ2) is 5.83. The molecule has 1 N–H and O–H groups in total. The molecule has 1 aliphatic rings. The van der Waals surface area contributed by atoms with Crippen LogP contribution in [0, 0.1) is 5.82 Å². The fourth-order valence-electron chi connectivity index (χ4n) is 2.22. The molecule has 4 nitrogen and oxygen atoms in total. The Kier molecular flexibility index (Phi) is 3.73. The molecule has 1 aliphatic heterocycles. The summed E-state index contributed by atoms with van der Waals surface area (Å²) in [6.45, 7) is 0.157. The Morgan fingerprint density at radius 3 is 2.86 bits per heavy atom. The van der Waals surface area contributed by atoms with Crippen LogP contribution in [0.15, 0.2) is 48.5 Å². The van der Waals surface area contributed by atoms with Gasteiger partial charge in [0.15, 0.2) is 18.2 Å². The van der Waals surface area contributed by atoms with Gasteiger partial charge in [-0.15, -0.1) is 0 Å². The van der Waals surface area contributed by atoms with Crippen molar-refractivity contribution in [2.45, 2.75) is 6.04 Å². The number of hydrogen-bond donors (Lipinski definition) is 1. The molecule has 1 unspecified atom stereocenters. The van der Waals surface area contributed by atoms with E-state index < -0.39 is 5.82 Å². The van der Waals surface area contributed by atoms with Gasteiger partial charge in [-0.3, -0.25) is 4.79 Å². The molecule has 5 heteroatoms. The lowest BCUT2D eigenvalue weighted by molar-refractivity contribution is -0.124. The van der Waals surface area contributed by atoms with E-state index in [-0.39, 0.29) is 24.3 Å². The molecular weight excluding hydrogens is 273 g/mol. The number of rotatable bonds is 4. The number of para-hydroxylation sites is 2. The highest BCUT2D eigenvalue weighted by molar-refractivity contribution is 5.78. The SMILES string of the molecule is O=C(COc1ccccc1F)NC1COc2ccccc21. The van der Waals surface area contributed by atoms with Crippen molar-refractivity contribution in [3.8, 4) is 11.5 Å². The van der Waals surface area contributed by atoms with Gasteiger partial charge in [-0.05, 0) is 18.2 Å². The van der Waals surface area contributed by atoms with Crippen LogP contribution in [0.3, 0.4) is 0 Å². The van der Waals surface area contributed by atoms with E-state index in [2.05, 4.69) is 5.32 Å². The van der Waals surface area contributed by atoms with Crippen molar-refractivity contribution < 1.29 is 18.7 Å². The maximum absolute atomic E-state index is 13.4. The summed E-state index contributed by atoms with van der Waals surface area (Å²) in [5, 5.41) is 2.81. The standard InChI is InChI=1S/C16H14FNO3/c17-12-6-2-4-8-15(12)21-10-16(19)18-13-9-20-14-7-3-1-5-11(13)14/h1-8,13H,9-10H2,(H,18,19). The van der Waals surface area contributed by atoms with Gasteiger partial charge in [0, 0.05) is 5.56 Å². The van der Waals surface area contributed by atoms with Crippen molar-refractivity contribution in [2.24, 2.45) is 0 Å². The van der Waals surface area contributed by atoms with Gasteiger partial charge in [-0.1, -0.05) is 30.3 Å². The lowest BCUT2D eigenvalue weighted by atomic mass is 10.1. The number of benzene rings is 2. The molecule has 0 saturated heterocycles. The summed E-state index contributed by atoms with van der Waals surface area (Å²) in [5.41, 5.74) is 0.941. The molecule has 0 fully saturated rings. The van der Waals surface area contributed by atoms with Crippen LogP contribution in [0.2, 0.25) is 0 Å². The molecule has 1 heterocycles. The first kappa shape index (κ1) is 13.4. The first-order valence-electron chi connectivity index (χ1n) is 6.62. The van der Waals surface area contributed by atoms with E-state index in [9.17, 15) is 9.18 Å². The zero-order valence-corrected chi connectivity index (χ0v) is 11.2. The maximum atomic E-state index is 13.4. The van der Waals surface area contributed by atoms with Crippen LogP contribution in [-0.2, 0) is 4.79 Å². The van der Waals surface area contributed by atoms with Gasteiger partial charge in [0.2, 0.25) is 0 Å². The average molecular weight is 287 g/mol. The normalized spacial score (nSPS) is 16.0. The van der Waals surface area contributed by atoms with E-state index in [1.54, 1.807) is 12.1 Å². The van der Waals surface area contributed by atoms with Gasteiger partial charge in [0.25, 0.3) is 5.91 Å². The first-order valence-corrected chi connectivity index (χ1v) is 6.62. The summed E-state index contributed by atoms with van der Waals surface area (Å²) in [7, 11) is 0. The van der Waals surface area contributed by atoms with Crippen molar-refractivity contribution in [3.63, 3.8) is 0 Å². The van der Waals surface area contributed by atoms with Gasteiger partial charge in [-0.2, -0.15) is 0 Å². The molecule has 2 aromatic carbocycles. The Labute approximate surface area is 121 Å². The van der Waals surface area contributed by atoms with Crippen LogP contribution in [-0.4, -0.2) is 19.1 Å². The number of halogens is 1. The van der Waals surface area contributed by atoms with Crippen LogP contribution in [0.25, 0.3) is 0 Å². The van der Waals surface area contributed by atoms with E-state index in [0.29, 0.717) is 6.61 Å². The van der Waals surface area contributed by atoms with Gasteiger partial charge in [0.1, 0.15) is 12.4 Å². The van der Waals surface area contributed by atoms with Gasteiger partial charge >= 0.3 is 0 Å². The number of ether oxygens (including phenoxy) is 2. The summed E-state index contributed by atoms with van der Waals surface area (Å²) in [5.74, 6) is 0.0388. The van der Waals surface area contributed by atoms with Crippen LogP contribution in [0.5, 0.6) is 11.5 Å². The van der Waals surface area contributed by atoms with Crippen LogP contribution < -0.4 is 14.8 Å². The molecule has 108 valence electrons. The van der Waals surface area contributed by atoms with Gasteiger partial charge in [-0.25, -0.2) is 4.39 Å². The van der Waals surface area contributed by atoms with E-state index in [1.807, 2.05) is 24.3 Å². The molecule has 1 atom stereocenters. The molecule has 0 aliphatic carbocycles. The van der Waals surface area contributed by atoms with E-state index in [1.165, 1.54) is 12.1 Å². The summed E-state index contributed by atoms with van der Waals surface area (Å²) >= 11 is 0. The second-order valence-corrected chi connectivity index (χ2v) is 4.69. The smallest absolute Gasteiger partial charge is 0.258 e. The van der Waals surface area contributed by atoms with Gasteiger partial charge in [0.05, 0.1) is 6.04 Å². The molecule has 3 rings (SSSR count). The fourth-order valence-corrected chi connectivity index (χ4v) is 2.22. The molecule has 0 aromatic heterocycles. The highest BCUT2D eigenvalue weighted by atomic mass is 19.1. The summed E-state index contributed by atoms with van der Waals surface area (Å²) in [6.07, 6.45) is 0. The lowest BCUT2D eigenvalue weighted by Crippen LogP contribution is -2.33. The number of carbonyl (C=O) groups is 1. The number of hydrogen-bond acceptors (Lipinski definition) is 3. The fraction of sp³-hybridized carbons (Fsp3) is 0.188. The molecule has 2 aromatic rings. The maximum Gasteiger partial charge on any atom is 0.258 e. The van der Waals surface area contributed by atoms with Crippen molar-refractivity contribution in [3.05, 3.63) is 59.9 Å². The van der Waals surface area contributed by atoms with E-state index >= 15 is 0 Å². The van der Waals surface area contributed by atoms with Crippen LogP contribution >= 0.6 is 0 Å². The Bertz CT molecular complexity index is 659. The lowest BCUT2D eigenvalue weighted by Gasteiger charge is -2.12. The minimum Gasteiger partial charge on any atom is -0.491 e. The molecule has 0 spiro atoms. The Morgan fingerprint density at radius 2 is 2.00 bits per heavy atom. The Morgan fingerprint density at radius 1 is 1.24 bits per heavy atom. The summed E-state index contributed by atoms with van der Waals surface area (Å²) in [4.78, 5) is 11.9.